The van der Waals surface area contributed by atoms with Gasteiger partial charge in [0.15, 0.2) is 0 Å². The van der Waals surface area contributed by atoms with Gasteiger partial charge in [-0.05, 0) is 19.0 Å². The molecule has 1 aromatic carbocycles. The maximum absolute atomic E-state index is 12.0. The Hall–Kier alpha value is -1.35. The minimum absolute atomic E-state index is 0.173. The molecule has 2 unspecified atom stereocenters. The van der Waals surface area contributed by atoms with Gasteiger partial charge in [0.1, 0.15) is 0 Å². The van der Waals surface area contributed by atoms with Gasteiger partial charge >= 0.3 is 0 Å². The monoisotopic (exact) mass is 232 g/mol. The topological polar surface area (TPSA) is 32.3 Å². The van der Waals surface area contributed by atoms with E-state index in [1.807, 2.05) is 23.1 Å². The van der Waals surface area contributed by atoms with Crippen LogP contribution in [-0.2, 0) is 4.79 Å². The van der Waals surface area contributed by atoms with Gasteiger partial charge in [0.25, 0.3) is 0 Å². The van der Waals surface area contributed by atoms with E-state index >= 15 is 0 Å². The van der Waals surface area contributed by atoms with Crippen LogP contribution in [0.5, 0.6) is 0 Å². The largest absolute Gasteiger partial charge is 0.334 e. The number of benzene rings is 1. The molecule has 92 valence electrons. The number of likely N-dealkylation sites (N-methyl/N-ethyl adjacent to an activating group) is 1. The van der Waals surface area contributed by atoms with Gasteiger partial charge in [-0.2, -0.15) is 0 Å². The first-order chi connectivity index (χ1) is 8.22. The maximum Gasteiger partial charge on any atom is 0.224 e. The van der Waals surface area contributed by atoms with Crippen LogP contribution >= 0.6 is 0 Å². The highest BCUT2D eigenvalue weighted by molar-refractivity contribution is 5.79. The Kier molecular flexibility index (Phi) is 3.79. The number of carbonyl (C=O) groups is 1. The van der Waals surface area contributed by atoms with Gasteiger partial charge in [-0.3, -0.25) is 4.79 Å². The average molecular weight is 232 g/mol. The number of amides is 1. The summed E-state index contributed by atoms with van der Waals surface area (Å²) in [5.74, 6) is 0.257. The average Bonchev–Trinajstić information content (AvgIpc) is 2.71. The van der Waals surface area contributed by atoms with Crippen molar-refractivity contribution >= 4 is 5.91 Å². The van der Waals surface area contributed by atoms with Crippen molar-refractivity contribution in [2.45, 2.75) is 32.4 Å². The molecule has 3 nitrogen and oxygen atoms in total. The lowest BCUT2D eigenvalue weighted by Crippen LogP contribution is -2.33. The molecule has 0 saturated carbocycles. The van der Waals surface area contributed by atoms with Crippen LogP contribution in [0.3, 0.4) is 0 Å². The summed E-state index contributed by atoms with van der Waals surface area (Å²) in [7, 11) is 0. The molecule has 1 aliphatic heterocycles. The van der Waals surface area contributed by atoms with Gasteiger partial charge in [-0.15, -0.1) is 0 Å². The lowest BCUT2D eigenvalue weighted by atomic mass is 10.1. The van der Waals surface area contributed by atoms with Crippen molar-refractivity contribution < 1.29 is 4.79 Å². The molecule has 1 fully saturated rings. The molecule has 0 aromatic heterocycles. The Bertz CT molecular complexity index is 377. The summed E-state index contributed by atoms with van der Waals surface area (Å²) in [6.45, 7) is 5.92. The molecule has 0 radical (unpaired) electrons. The summed E-state index contributed by atoms with van der Waals surface area (Å²) in [6, 6.07) is 10.7. The van der Waals surface area contributed by atoms with E-state index in [1.165, 1.54) is 5.56 Å². The van der Waals surface area contributed by atoms with Crippen LogP contribution in [0.15, 0.2) is 30.3 Å². The molecule has 1 saturated heterocycles. The fourth-order valence-corrected chi connectivity index (χ4v) is 2.44. The van der Waals surface area contributed by atoms with Crippen LogP contribution in [0.2, 0.25) is 0 Å². The molecule has 0 bridgehead atoms. The summed E-state index contributed by atoms with van der Waals surface area (Å²) in [5.41, 5.74) is 1.21. The smallest absolute Gasteiger partial charge is 0.224 e. The van der Waals surface area contributed by atoms with Gasteiger partial charge in [0.05, 0.1) is 6.04 Å². The zero-order chi connectivity index (χ0) is 12.3. The standard InChI is InChI=1S/C14H20N2O/c1-3-15-13-9-14(17)16(10-13)11(2)12-7-5-4-6-8-12/h4-8,11,13,15H,3,9-10H2,1-2H3. The molecule has 1 heterocycles. The molecule has 3 heteroatoms. The molecule has 2 atom stereocenters. The normalized spacial score (nSPS) is 21.9. The SMILES string of the molecule is CCNC1CC(=O)N(C(C)c2ccccc2)C1. The Morgan fingerprint density at radius 2 is 2.12 bits per heavy atom. The van der Waals surface area contributed by atoms with Crippen LogP contribution < -0.4 is 5.32 Å². The van der Waals surface area contributed by atoms with Crippen molar-refractivity contribution in [2.75, 3.05) is 13.1 Å². The van der Waals surface area contributed by atoms with E-state index in [0.717, 1.165) is 13.1 Å². The predicted molar refractivity (Wildman–Crippen MR) is 68.7 cm³/mol. The first-order valence-corrected chi connectivity index (χ1v) is 6.30. The van der Waals surface area contributed by atoms with Gasteiger partial charge < -0.3 is 10.2 Å². The fourth-order valence-electron chi connectivity index (χ4n) is 2.44. The third kappa shape index (κ3) is 2.67. The number of hydrogen-bond donors (Lipinski definition) is 1. The van der Waals surface area contributed by atoms with Crippen LogP contribution in [-0.4, -0.2) is 29.9 Å². The van der Waals surface area contributed by atoms with Crippen LogP contribution in [0.4, 0.5) is 0 Å². The zero-order valence-corrected chi connectivity index (χ0v) is 10.5. The maximum atomic E-state index is 12.0. The third-order valence-electron chi connectivity index (χ3n) is 3.40. The number of carbonyl (C=O) groups excluding carboxylic acids is 1. The van der Waals surface area contributed by atoms with E-state index in [1.54, 1.807) is 0 Å². The second-order valence-corrected chi connectivity index (χ2v) is 4.59. The highest BCUT2D eigenvalue weighted by Gasteiger charge is 2.32. The Morgan fingerprint density at radius 1 is 1.41 bits per heavy atom. The van der Waals surface area contributed by atoms with Crippen molar-refractivity contribution in [1.82, 2.24) is 10.2 Å². The molecule has 1 amide bonds. The van der Waals surface area contributed by atoms with Gasteiger partial charge in [-0.1, -0.05) is 37.3 Å². The van der Waals surface area contributed by atoms with E-state index in [-0.39, 0.29) is 11.9 Å². The first-order valence-electron chi connectivity index (χ1n) is 6.30. The second-order valence-electron chi connectivity index (χ2n) is 4.59. The molecule has 1 N–H and O–H groups in total. The van der Waals surface area contributed by atoms with E-state index < -0.39 is 0 Å². The lowest BCUT2D eigenvalue weighted by Gasteiger charge is -2.25. The minimum atomic E-state index is 0.173. The van der Waals surface area contributed by atoms with E-state index in [4.69, 9.17) is 0 Å². The van der Waals surface area contributed by atoms with Crippen LogP contribution in [0.25, 0.3) is 0 Å². The number of likely N-dealkylation sites (tertiary alicyclic amines) is 1. The van der Waals surface area contributed by atoms with E-state index in [2.05, 4.69) is 31.3 Å². The second kappa shape index (κ2) is 5.32. The molecule has 17 heavy (non-hydrogen) atoms. The molecular formula is C14H20N2O. The summed E-state index contributed by atoms with van der Waals surface area (Å²) >= 11 is 0. The Labute approximate surface area is 103 Å². The van der Waals surface area contributed by atoms with Crippen LogP contribution in [0, 0.1) is 0 Å². The number of hydrogen-bond acceptors (Lipinski definition) is 2. The molecule has 1 aromatic rings. The lowest BCUT2D eigenvalue weighted by molar-refractivity contribution is -0.129. The number of rotatable bonds is 4. The quantitative estimate of drug-likeness (QED) is 0.860. The van der Waals surface area contributed by atoms with Crippen molar-refractivity contribution in [3.63, 3.8) is 0 Å². The van der Waals surface area contributed by atoms with Gasteiger partial charge in [-0.25, -0.2) is 0 Å². The summed E-state index contributed by atoms with van der Waals surface area (Å²) in [6.07, 6.45) is 0.630. The van der Waals surface area contributed by atoms with Crippen LogP contribution in [0.1, 0.15) is 31.9 Å². The third-order valence-corrected chi connectivity index (χ3v) is 3.40. The summed E-state index contributed by atoms with van der Waals surface area (Å²) < 4.78 is 0. The molecule has 0 aliphatic carbocycles. The molecule has 0 spiro atoms. The highest BCUT2D eigenvalue weighted by Crippen LogP contribution is 2.25. The van der Waals surface area contributed by atoms with E-state index in [0.29, 0.717) is 12.5 Å². The predicted octanol–water partition coefficient (Wildman–Crippen LogP) is 1.96. The Morgan fingerprint density at radius 3 is 2.76 bits per heavy atom. The Balaban J connectivity index is 2.06. The van der Waals surface area contributed by atoms with Crippen molar-refractivity contribution in [3.8, 4) is 0 Å². The highest BCUT2D eigenvalue weighted by atomic mass is 16.2. The summed E-state index contributed by atoms with van der Waals surface area (Å²) in [5, 5.41) is 3.35. The van der Waals surface area contributed by atoms with Gasteiger partial charge in [0.2, 0.25) is 5.91 Å². The fraction of sp³-hybridized carbons (Fsp3) is 0.500. The van der Waals surface area contributed by atoms with Crippen molar-refractivity contribution in [1.29, 1.82) is 0 Å². The van der Waals surface area contributed by atoms with Gasteiger partial charge in [0, 0.05) is 19.0 Å². The van der Waals surface area contributed by atoms with Crippen molar-refractivity contribution in [2.24, 2.45) is 0 Å². The first kappa shape index (κ1) is 12.1. The van der Waals surface area contributed by atoms with E-state index in [9.17, 15) is 4.79 Å². The summed E-state index contributed by atoms with van der Waals surface area (Å²) in [4.78, 5) is 13.9. The molecule has 1 aliphatic rings. The molecular weight excluding hydrogens is 212 g/mol. The molecule has 2 rings (SSSR count). The minimum Gasteiger partial charge on any atom is -0.334 e. The van der Waals surface area contributed by atoms with Crippen molar-refractivity contribution in [3.05, 3.63) is 35.9 Å². The number of nitrogens with zero attached hydrogens (tertiary/aromatic N) is 1. The number of nitrogens with one attached hydrogen (secondary N) is 1. The zero-order valence-electron chi connectivity index (χ0n) is 10.5.